The molecule has 1 fully saturated rings. The minimum absolute atomic E-state index is 0.0639. The van der Waals surface area contributed by atoms with Crippen molar-refractivity contribution < 1.29 is 22.3 Å². The van der Waals surface area contributed by atoms with Crippen LogP contribution in [0.3, 0.4) is 0 Å². The highest BCUT2D eigenvalue weighted by Crippen LogP contribution is 2.28. The van der Waals surface area contributed by atoms with Crippen molar-refractivity contribution in [2.75, 3.05) is 19.7 Å². The highest BCUT2D eigenvalue weighted by atomic mass is 32.2. The lowest BCUT2D eigenvalue weighted by atomic mass is 9.96. The number of carbonyl (C=O) groups is 1. The molecule has 9 heteroatoms. The molecule has 21 heavy (non-hydrogen) atoms. The first kappa shape index (κ1) is 15.9. The van der Waals surface area contributed by atoms with Crippen molar-refractivity contribution in [3.05, 3.63) is 18.0 Å². The monoisotopic (exact) mass is 319 g/mol. The summed E-state index contributed by atoms with van der Waals surface area (Å²) in [5, 5.41) is 6.63. The molecule has 118 valence electrons. The van der Waals surface area contributed by atoms with E-state index in [0.29, 0.717) is 6.42 Å². The van der Waals surface area contributed by atoms with Gasteiger partial charge in [-0.25, -0.2) is 17.6 Å². The minimum atomic E-state index is -4.35. The first-order chi connectivity index (χ1) is 9.96. The van der Waals surface area contributed by atoms with Gasteiger partial charge in [0.25, 0.3) is 10.0 Å². The number of nitrogens with zero attached hydrogens (tertiary/aromatic N) is 2. The van der Waals surface area contributed by atoms with E-state index in [1.54, 1.807) is 12.3 Å². The molecule has 1 aromatic heterocycles. The summed E-state index contributed by atoms with van der Waals surface area (Å²) in [6.07, 6.45) is 2.96. The number of carbonyl (C=O) groups excluding carboxylic acids is 1. The van der Waals surface area contributed by atoms with Crippen LogP contribution in [0.25, 0.3) is 0 Å². The summed E-state index contributed by atoms with van der Waals surface area (Å²) in [4.78, 5) is 11.3. The van der Waals surface area contributed by atoms with Crippen LogP contribution in [0.5, 0.6) is 0 Å². The molecule has 1 aliphatic heterocycles. The number of aromatic amines is 1. The number of ether oxygens (including phenoxy) is 1. The standard InChI is InChI=1S/C12H18FN3O4S/c1-2-20-12(17)11(13)21(18,19)16-7-3-4-9(8-16)10-5-6-14-15-10/h5-6,9,11H,2-4,7-8H2,1H3,(H,14,15). The molecule has 1 aliphatic rings. The summed E-state index contributed by atoms with van der Waals surface area (Å²) in [6.45, 7) is 1.76. The van der Waals surface area contributed by atoms with Crippen molar-refractivity contribution in [1.29, 1.82) is 0 Å². The summed E-state index contributed by atoms with van der Waals surface area (Å²) in [6, 6.07) is 1.76. The van der Waals surface area contributed by atoms with Crippen LogP contribution in [0.1, 0.15) is 31.4 Å². The predicted molar refractivity (Wildman–Crippen MR) is 72.6 cm³/mol. The second kappa shape index (κ2) is 6.52. The Bertz CT molecular complexity index is 575. The van der Waals surface area contributed by atoms with E-state index in [9.17, 15) is 17.6 Å². The van der Waals surface area contributed by atoms with Crippen LogP contribution < -0.4 is 0 Å². The molecule has 1 N–H and O–H groups in total. The Morgan fingerprint density at radius 2 is 2.43 bits per heavy atom. The Morgan fingerprint density at radius 1 is 1.67 bits per heavy atom. The number of rotatable bonds is 5. The van der Waals surface area contributed by atoms with Crippen LogP contribution in [0.15, 0.2) is 12.3 Å². The average molecular weight is 319 g/mol. The maximum atomic E-state index is 13.9. The third-order valence-electron chi connectivity index (χ3n) is 3.44. The molecule has 0 radical (unpaired) electrons. The largest absolute Gasteiger partial charge is 0.463 e. The number of esters is 1. The predicted octanol–water partition coefficient (Wildman–Crippen LogP) is 0.778. The molecular formula is C12H18FN3O4S. The van der Waals surface area contributed by atoms with E-state index in [-0.39, 0.29) is 25.6 Å². The zero-order chi connectivity index (χ0) is 15.5. The fraction of sp³-hybridized carbons (Fsp3) is 0.667. The van der Waals surface area contributed by atoms with E-state index < -0.39 is 21.5 Å². The molecule has 2 atom stereocenters. The van der Waals surface area contributed by atoms with E-state index in [0.717, 1.165) is 16.4 Å². The third kappa shape index (κ3) is 3.41. The first-order valence-electron chi connectivity index (χ1n) is 6.75. The molecule has 2 rings (SSSR count). The smallest absolute Gasteiger partial charge is 0.358 e. The number of halogens is 1. The zero-order valence-electron chi connectivity index (χ0n) is 11.7. The van der Waals surface area contributed by atoms with Crippen molar-refractivity contribution in [3.8, 4) is 0 Å². The molecule has 0 bridgehead atoms. The summed E-state index contributed by atoms with van der Waals surface area (Å²) >= 11 is 0. The number of nitrogens with one attached hydrogen (secondary N) is 1. The van der Waals surface area contributed by atoms with Gasteiger partial charge in [-0.05, 0) is 25.8 Å². The summed E-state index contributed by atoms with van der Waals surface area (Å²) in [5.41, 5.74) is -1.86. The molecule has 0 spiro atoms. The van der Waals surface area contributed by atoms with Gasteiger partial charge >= 0.3 is 11.5 Å². The van der Waals surface area contributed by atoms with Crippen LogP contribution in [0.4, 0.5) is 4.39 Å². The van der Waals surface area contributed by atoms with Gasteiger partial charge in [-0.1, -0.05) is 0 Å². The third-order valence-corrected chi connectivity index (χ3v) is 5.21. The van der Waals surface area contributed by atoms with E-state index in [2.05, 4.69) is 14.9 Å². The molecule has 0 aromatic carbocycles. The number of aromatic nitrogens is 2. The molecule has 7 nitrogen and oxygen atoms in total. The van der Waals surface area contributed by atoms with Gasteiger partial charge in [-0.3, -0.25) is 5.10 Å². The first-order valence-corrected chi connectivity index (χ1v) is 8.26. The van der Waals surface area contributed by atoms with Crippen molar-refractivity contribution in [1.82, 2.24) is 14.5 Å². The van der Waals surface area contributed by atoms with Gasteiger partial charge in [-0.15, -0.1) is 0 Å². The summed E-state index contributed by atoms with van der Waals surface area (Å²) in [5.74, 6) is -1.44. The van der Waals surface area contributed by atoms with Crippen LogP contribution >= 0.6 is 0 Å². The number of hydrogen-bond acceptors (Lipinski definition) is 5. The van der Waals surface area contributed by atoms with E-state index in [1.165, 1.54) is 6.92 Å². The van der Waals surface area contributed by atoms with E-state index in [1.807, 2.05) is 0 Å². The maximum absolute atomic E-state index is 13.9. The van der Waals surface area contributed by atoms with Gasteiger partial charge in [0.15, 0.2) is 0 Å². The Hall–Kier alpha value is -1.48. The van der Waals surface area contributed by atoms with Gasteiger partial charge in [0, 0.05) is 30.9 Å². The highest BCUT2D eigenvalue weighted by Gasteiger charge is 2.41. The Morgan fingerprint density at radius 3 is 3.05 bits per heavy atom. The SMILES string of the molecule is CCOC(=O)C(F)S(=O)(=O)N1CCCC(c2ccn[nH]2)C1. The quantitative estimate of drug-likeness (QED) is 0.810. The van der Waals surface area contributed by atoms with Crippen molar-refractivity contribution in [3.63, 3.8) is 0 Å². The molecule has 2 unspecified atom stereocenters. The van der Waals surface area contributed by atoms with Gasteiger partial charge in [0.1, 0.15) is 0 Å². The van der Waals surface area contributed by atoms with Crippen molar-refractivity contribution in [2.45, 2.75) is 31.2 Å². The molecule has 1 saturated heterocycles. The molecule has 0 aliphatic carbocycles. The fourth-order valence-electron chi connectivity index (χ4n) is 2.38. The summed E-state index contributed by atoms with van der Waals surface area (Å²) in [7, 11) is -4.35. The van der Waals surface area contributed by atoms with Crippen molar-refractivity contribution in [2.24, 2.45) is 0 Å². The lowest BCUT2D eigenvalue weighted by molar-refractivity contribution is -0.145. The van der Waals surface area contributed by atoms with Gasteiger partial charge < -0.3 is 4.74 Å². The second-order valence-corrected chi connectivity index (χ2v) is 6.78. The van der Waals surface area contributed by atoms with Gasteiger partial charge in [-0.2, -0.15) is 9.40 Å². The van der Waals surface area contributed by atoms with Gasteiger partial charge in [0.2, 0.25) is 0 Å². The van der Waals surface area contributed by atoms with Crippen LogP contribution in [0.2, 0.25) is 0 Å². The normalized spacial score (nSPS) is 21.9. The molecule has 1 aromatic rings. The van der Waals surface area contributed by atoms with Gasteiger partial charge in [0.05, 0.1) is 6.61 Å². The lowest BCUT2D eigenvalue weighted by Gasteiger charge is -2.31. The van der Waals surface area contributed by atoms with Crippen LogP contribution in [-0.4, -0.2) is 54.1 Å². The zero-order valence-corrected chi connectivity index (χ0v) is 12.5. The number of alkyl halides is 1. The average Bonchev–Trinajstić information content (AvgIpc) is 3.01. The number of sulfonamides is 1. The lowest BCUT2D eigenvalue weighted by Crippen LogP contribution is -2.45. The summed E-state index contributed by atoms with van der Waals surface area (Å²) < 4.78 is 43.6. The Kier molecular flexibility index (Phi) is 4.94. The second-order valence-electron chi connectivity index (χ2n) is 4.82. The van der Waals surface area contributed by atoms with Crippen LogP contribution in [-0.2, 0) is 19.6 Å². The number of hydrogen-bond donors (Lipinski definition) is 1. The number of piperidine rings is 1. The minimum Gasteiger partial charge on any atom is -0.463 e. The topological polar surface area (TPSA) is 92.4 Å². The fourth-order valence-corrected chi connectivity index (χ4v) is 3.73. The highest BCUT2D eigenvalue weighted by molar-refractivity contribution is 7.90. The molecule has 2 heterocycles. The number of H-pyrrole nitrogens is 1. The van der Waals surface area contributed by atoms with E-state index >= 15 is 0 Å². The molecule has 0 saturated carbocycles. The van der Waals surface area contributed by atoms with Crippen molar-refractivity contribution >= 4 is 16.0 Å². The molecular weight excluding hydrogens is 301 g/mol. The maximum Gasteiger partial charge on any atom is 0.358 e. The van der Waals surface area contributed by atoms with Crippen LogP contribution in [0, 0.1) is 0 Å². The Balaban J connectivity index is 2.11. The van der Waals surface area contributed by atoms with E-state index in [4.69, 9.17) is 0 Å². The Labute approximate surface area is 122 Å². The molecule has 0 amide bonds.